The second-order valence-corrected chi connectivity index (χ2v) is 4.55. The molecule has 0 N–H and O–H groups in total. The summed E-state index contributed by atoms with van der Waals surface area (Å²) in [4.78, 5) is 8.57. The lowest BCUT2D eigenvalue weighted by Gasteiger charge is -2.13. The molecule has 0 fully saturated rings. The third-order valence-electron chi connectivity index (χ3n) is 2.76. The molecule has 0 unspecified atom stereocenters. The third kappa shape index (κ3) is 3.20. The van der Waals surface area contributed by atoms with Gasteiger partial charge in [-0.05, 0) is 26.0 Å². The molecule has 0 saturated carbocycles. The molecule has 0 spiro atoms. The molecular formula is C15H17ClN2O2. The summed E-state index contributed by atoms with van der Waals surface area (Å²) < 4.78 is 11.4. The molecule has 0 amide bonds. The van der Waals surface area contributed by atoms with E-state index in [2.05, 4.69) is 9.97 Å². The van der Waals surface area contributed by atoms with Crippen molar-refractivity contribution in [1.29, 1.82) is 0 Å². The average Bonchev–Trinajstić information content (AvgIpc) is 2.46. The van der Waals surface area contributed by atoms with Crippen molar-refractivity contribution in [2.24, 2.45) is 0 Å². The van der Waals surface area contributed by atoms with Crippen LogP contribution in [0.3, 0.4) is 0 Å². The van der Waals surface area contributed by atoms with Gasteiger partial charge < -0.3 is 9.47 Å². The number of hydrogen-bond donors (Lipinski definition) is 0. The minimum Gasteiger partial charge on any atom is -0.490 e. The van der Waals surface area contributed by atoms with Crippen molar-refractivity contribution in [1.82, 2.24) is 9.97 Å². The second kappa shape index (κ2) is 6.57. The van der Waals surface area contributed by atoms with Crippen LogP contribution in [0.25, 0.3) is 0 Å². The van der Waals surface area contributed by atoms with Crippen LogP contribution in [0.2, 0.25) is 5.15 Å². The summed E-state index contributed by atoms with van der Waals surface area (Å²) in [6.45, 7) is 6.31. The van der Waals surface area contributed by atoms with E-state index in [1.807, 2.05) is 45.0 Å². The van der Waals surface area contributed by atoms with Gasteiger partial charge in [0.1, 0.15) is 11.0 Å². The number of aryl methyl sites for hydroxylation is 1. The van der Waals surface area contributed by atoms with Crippen molar-refractivity contribution in [3.8, 4) is 17.4 Å². The summed E-state index contributed by atoms with van der Waals surface area (Å²) in [5.74, 6) is 2.43. The highest BCUT2D eigenvalue weighted by atomic mass is 35.5. The molecule has 0 radical (unpaired) electrons. The fourth-order valence-electron chi connectivity index (χ4n) is 1.68. The summed E-state index contributed by atoms with van der Waals surface area (Å²) in [5, 5.41) is 0.417. The Morgan fingerprint density at radius 3 is 2.45 bits per heavy atom. The van der Waals surface area contributed by atoms with Gasteiger partial charge in [-0.1, -0.05) is 30.7 Å². The smallest absolute Gasteiger partial charge is 0.227 e. The first-order valence-electron chi connectivity index (χ1n) is 6.58. The van der Waals surface area contributed by atoms with Crippen LogP contribution in [-0.2, 0) is 6.42 Å². The number of hydrogen-bond acceptors (Lipinski definition) is 4. The number of halogens is 1. The Bertz CT molecular complexity index is 602. The normalized spacial score (nSPS) is 10.4. The summed E-state index contributed by atoms with van der Waals surface area (Å²) in [7, 11) is 0. The predicted molar refractivity (Wildman–Crippen MR) is 78.8 cm³/mol. The maximum absolute atomic E-state index is 6.10. The van der Waals surface area contributed by atoms with Crippen LogP contribution in [-0.4, -0.2) is 16.6 Å². The first-order chi connectivity index (χ1) is 9.65. The van der Waals surface area contributed by atoms with Crippen molar-refractivity contribution in [2.45, 2.75) is 27.2 Å². The fraction of sp³-hybridized carbons (Fsp3) is 0.333. The summed E-state index contributed by atoms with van der Waals surface area (Å²) >= 11 is 6.10. The molecule has 2 rings (SSSR count). The first kappa shape index (κ1) is 14.6. The summed E-state index contributed by atoms with van der Waals surface area (Å²) in [6.07, 6.45) is 0.698. The molecule has 106 valence electrons. The molecule has 1 aromatic heterocycles. The highest BCUT2D eigenvalue weighted by molar-refractivity contribution is 6.30. The molecule has 1 heterocycles. The van der Waals surface area contributed by atoms with Gasteiger partial charge in [0.15, 0.2) is 11.5 Å². The monoisotopic (exact) mass is 292 g/mol. The molecule has 2 aromatic rings. The SMILES string of the molecule is CCOc1ccccc1Oc1nc(CC)nc(Cl)c1C. The van der Waals surface area contributed by atoms with Gasteiger partial charge in [0.2, 0.25) is 5.88 Å². The molecule has 0 atom stereocenters. The highest BCUT2D eigenvalue weighted by Crippen LogP contribution is 2.33. The Labute approximate surface area is 123 Å². The minimum absolute atomic E-state index is 0.417. The summed E-state index contributed by atoms with van der Waals surface area (Å²) in [5.41, 5.74) is 0.718. The van der Waals surface area contributed by atoms with E-state index in [1.54, 1.807) is 0 Å². The first-order valence-corrected chi connectivity index (χ1v) is 6.96. The molecule has 5 heteroatoms. The van der Waals surface area contributed by atoms with Gasteiger partial charge in [0.05, 0.1) is 6.61 Å². The van der Waals surface area contributed by atoms with Crippen LogP contribution in [0, 0.1) is 6.92 Å². The van der Waals surface area contributed by atoms with Crippen LogP contribution in [0.4, 0.5) is 0 Å². The van der Waals surface area contributed by atoms with Gasteiger partial charge in [0.25, 0.3) is 0 Å². The topological polar surface area (TPSA) is 44.2 Å². The fourth-order valence-corrected chi connectivity index (χ4v) is 1.86. The van der Waals surface area contributed by atoms with Crippen molar-refractivity contribution in [3.63, 3.8) is 0 Å². The molecule has 20 heavy (non-hydrogen) atoms. The zero-order chi connectivity index (χ0) is 14.5. The maximum Gasteiger partial charge on any atom is 0.227 e. The lowest BCUT2D eigenvalue weighted by Crippen LogP contribution is -2.01. The number of para-hydroxylation sites is 2. The van der Waals surface area contributed by atoms with Gasteiger partial charge in [-0.2, -0.15) is 4.98 Å². The van der Waals surface area contributed by atoms with Crippen molar-refractivity contribution < 1.29 is 9.47 Å². The maximum atomic E-state index is 6.10. The van der Waals surface area contributed by atoms with E-state index in [-0.39, 0.29) is 0 Å². The van der Waals surface area contributed by atoms with Gasteiger partial charge in [-0.25, -0.2) is 4.98 Å². The van der Waals surface area contributed by atoms with E-state index in [0.717, 1.165) is 5.56 Å². The number of rotatable bonds is 5. The standard InChI is InChI=1S/C15H17ClN2O2/c1-4-13-17-14(16)10(3)15(18-13)20-12-9-7-6-8-11(12)19-5-2/h6-9H,4-5H2,1-3H3. The van der Waals surface area contributed by atoms with Gasteiger partial charge in [-0.3, -0.25) is 0 Å². The van der Waals surface area contributed by atoms with Crippen molar-refractivity contribution >= 4 is 11.6 Å². The summed E-state index contributed by atoms with van der Waals surface area (Å²) in [6, 6.07) is 7.48. The molecule has 4 nitrogen and oxygen atoms in total. The van der Waals surface area contributed by atoms with Crippen LogP contribution in [0.1, 0.15) is 25.2 Å². The lowest BCUT2D eigenvalue weighted by atomic mass is 10.3. The van der Waals surface area contributed by atoms with Gasteiger partial charge in [0, 0.05) is 12.0 Å². The largest absolute Gasteiger partial charge is 0.490 e. The molecule has 0 aliphatic rings. The van der Waals surface area contributed by atoms with Crippen LogP contribution < -0.4 is 9.47 Å². The van der Waals surface area contributed by atoms with Crippen molar-refractivity contribution in [3.05, 3.63) is 40.8 Å². The molecular weight excluding hydrogens is 276 g/mol. The van der Waals surface area contributed by atoms with Crippen LogP contribution in [0.5, 0.6) is 17.4 Å². The number of aromatic nitrogens is 2. The zero-order valence-corrected chi connectivity index (χ0v) is 12.6. The Morgan fingerprint density at radius 1 is 1.10 bits per heavy atom. The van der Waals surface area contributed by atoms with Gasteiger partial charge >= 0.3 is 0 Å². The molecule has 0 aliphatic heterocycles. The minimum atomic E-state index is 0.417. The Morgan fingerprint density at radius 2 is 1.80 bits per heavy atom. The van der Waals surface area contributed by atoms with Gasteiger partial charge in [-0.15, -0.1) is 0 Å². The average molecular weight is 293 g/mol. The quantitative estimate of drug-likeness (QED) is 0.775. The predicted octanol–water partition coefficient (Wildman–Crippen LogP) is 4.19. The van der Waals surface area contributed by atoms with E-state index >= 15 is 0 Å². The molecule has 1 aromatic carbocycles. The molecule has 0 bridgehead atoms. The molecule has 0 aliphatic carbocycles. The zero-order valence-electron chi connectivity index (χ0n) is 11.8. The van der Waals surface area contributed by atoms with Crippen molar-refractivity contribution in [2.75, 3.05) is 6.61 Å². The molecule has 0 saturated heterocycles. The second-order valence-electron chi connectivity index (χ2n) is 4.20. The van der Waals surface area contributed by atoms with E-state index in [4.69, 9.17) is 21.1 Å². The van der Waals surface area contributed by atoms with E-state index in [9.17, 15) is 0 Å². The van der Waals surface area contributed by atoms with E-state index in [0.29, 0.717) is 41.4 Å². The number of benzene rings is 1. The van der Waals surface area contributed by atoms with E-state index < -0.39 is 0 Å². The van der Waals surface area contributed by atoms with Crippen LogP contribution in [0.15, 0.2) is 24.3 Å². The Balaban J connectivity index is 2.37. The Kier molecular flexibility index (Phi) is 4.79. The highest BCUT2D eigenvalue weighted by Gasteiger charge is 2.13. The number of nitrogens with zero attached hydrogens (tertiary/aromatic N) is 2. The van der Waals surface area contributed by atoms with E-state index in [1.165, 1.54) is 0 Å². The lowest BCUT2D eigenvalue weighted by molar-refractivity contribution is 0.319. The van der Waals surface area contributed by atoms with Crippen LogP contribution >= 0.6 is 11.6 Å². The Hall–Kier alpha value is -1.81. The third-order valence-corrected chi connectivity index (χ3v) is 3.13. The number of ether oxygens (including phenoxy) is 2.